The quantitative estimate of drug-likeness (QED) is 0.227. The molecule has 2 aromatic rings. The van der Waals surface area contributed by atoms with Crippen LogP contribution < -0.4 is 10.5 Å². The van der Waals surface area contributed by atoms with Crippen molar-refractivity contribution in [2.24, 2.45) is 5.73 Å². The van der Waals surface area contributed by atoms with E-state index in [1.54, 1.807) is 6.92 Å². The number of rotatable bonds is 5. The van der Waals surface area contributed by atoms with Crippen LogP contribution in [0.2, 0.25) is 0 Å². The zero-order chi connectivity index (χ0) is 28.4. The van der Waals surface area contributed by atoms with Crippen LogP contribution >= 0.6 is 12.4 Å². The van der Waals surface area contributed by atoms with Gasteiger partial charge in [-0.25, -0.2) is 0 Å². The molecule has 1 aliphatic heterocycles. The third-order valence-corrected chi connectivity index (χ3v) is 7.81. The van der Waals surface area contributed by atoms with Gasteiger partial charge in [0.1, 0.15) is 29.5 Å². The summed E-state index contributed by atoms with van der Waals surface area (Å²) >= 11 is 0. The van der Waals surface area contributed by atoms with Crippen LogP contribution in [-0.2, 0) is 20.7 Å². The van der Waals surface area contributed by atoms with Crippen molar-refractivity contribution in [2.45, 2.75) is 62.4 Å². The third kappa shape index (κ3) is 4.45. The van der Waals surface area contributed by atoms with Crippen molar-refractivity contribution in [2.75, 3.05) is 13.7 Å². The number of phenolic OH excluding ortho intramolecular Hbond substituents is 2. The Morgan fingerprint density at radius 3 is 2.45 bits per heavy atom. The highest BCUT2D eigenvalue weighted by atomic mass is 35.5. The molecule has 0 spiro atoms. The number of nitrogens with two attached hydrogens (primary N) is 1. The molecule has 1 heterocycles. The van der Waals surface area contributed by atoms with Gasteiger partial charge in [-0.15, -0.1) is 12.4 Å². The first-order valence-electron chi connectivity index (χ1n) is 12.4. The number of Topliss-reactive ketones (excluding diaryl/α,β-unsaturated/α-hetero) is 1. The molecule has 5 unspecified atom stereocenters. The lowest BCUT2D eigenvalue weighted by Gasteiger charge is -2.42. The Morgan fingerprint density at radius 2 is 1.82 bits per heavy atom. The van der Waals surface area contributed by atoms with Gasteiger partial charge >= 0.3 is 0 Å². The topological polar surface area (TPSA) is 206 Å². The van der Waals surface area contributed by atoms with Crippen molar-refractivity contribution in [3.8, 4) is 17.2 Å². The second-order valence-electron chi connectivity index (χ2n) is 10.2. The number of halogens is 1. The Hall–Kier alpha value is -3.10. The summed E-state index contributed by atoms with van der Waals surface area (Å²) in [6.07, 6.45) is -5.12. The van der Waals surface area contributed by atoms with E-state index in [-0.39, 0.29) is 46.8 Å². The fourth-order valence-corrected chi connectivity index (χ4v) is 5.75. The smallest absolute Gasteiger partial charge is 0.202 e. The summed E-state index contributed by atoms with van der Waals surface area (Å²) in [5.74, 6) is -3.77. The van der Waals surface area contributed by atoms with E-state index in [1.165, 1.54) is 25.3 Å². The molecule has 0 amide bonds. The van der Waals surface area contributed by atoms with E-state index in [9.17, 15) is 39.9 Å². The number of methoxy groups -OCH3 is 1. The van der Waals surface area contributed by atoms with Gasteiger partial charge < -0.3 is 45.5 Å². The molecule has 3 aliphatic rings. The highest BCUT2D eigenvalue weighted by Crippen LogP contribution is 2.52. The number of aliphatic hydroxyl groups is 3. The zero-order valence-corrected chi connectivity index (χ0v) is 22.4. The first-order chi connectivity index (χ1) is 18.4. The third-order valence-electron chi connectivity index (χ3n) is 7.81. The number of ether oxygens (including phenoxy) is 3. The van der Waals surface area contributed by atoms with Crippen LogP contribution in [0.5, 0.6) is 17.2 Å². The van der Waals surface area contributed by atoms with Gasteiger partial charge in [0, 0.05) is 42.0 Å². The molecule has 13 heteroatoms. The number of carbonyl (C=O) groups is 3. The van der Waals surface area contributed by atoms with Crippen LogP contribution in [0, 0.1) is 0 Å². The van der Waals surface area contributed by atoms with E-state index >= 15 is 0 Å². The summed E-state index contributed by atoms with van der Waals surface area (Å²) in [5.41, 5.74) is 2.37. The number of carbonyl (C=O) groups excluding carboxylic acids is 3. The number of aliphatic hydroxyl groups excluding tert-OH is 2. The fraction of sp³-hybridized carbons (Fsp3) is 0.444. The van der Waals surface area contributed by atoms with Gasteiger partial charge in [0.05, 0.1) is 42.1 Å². The molecule has 216 valence electrons. The van der Waals surface area contributed by atoms with Gasteiger partial charge in [-0.2, -0.15) is 0 Å². The highest BCUT2D eigenvalue weighted by Gasteiger charge is 2.50. The molecule has 12 nitrogen and oxygen atoms in total. The average molecular weight is 580 g/mol. The fourth-order valence-electron chi connectivity index (χ4n) is 5.75. The lowest BCUT2D eigenvalue weighted by Crippen LogP contribution is -2.53. The van der Waals surface area contributed by atoms with Crippen LogP contribution in [0.15, 0.2) is 18.2 Å². The number of hydrogen-bond donors (Lipinski definition) is 6. The molecule has 0 bridgehead atoms. The van der Waals surface area contributed by atoms with Crippen LogP contribution in [0.4, 0.5) is 0 Å². The van der Waals surface area contributed by atoms with E-state index in [4.69, 9.17) is 19.9 Å². The Morgan fingerprint density at radius 1 is 1.15 bits per heavy atom. The molecule has 7 N–H and O–H groups in total. The summed E-state index contributed by atoms with van der Waals surface area (Å²) < 4.78 is 17.0. The van der Waals surface area contributed by atoms with Gasteiger partial charge in [0.2, 0.25) is 5.78 Å². The van der Waals surface area contributed by atoms with Crippen molar-refractivity contribution < 1.29 is 54.1 Å². The van der Waals surface area contributed by atoms with Crippen molar-refractivity contribution in [3.05, 3.63) is 51.6 Å². The van der Waals surface area contributed by atoms with E-state index in [0.29, 0.717) is 0 Å². The predicted molar refractivity (Wildman–Crippen MR) is 139 cm³/mol. The van der Waals surface area contributed by atoms with Crippen LogP contribution in [0.1, 0.15) is 68.8 Å². The summed E-state index contributed by atoms with van der Waals surface area (Å²) in [7, 11) is 1.32. The molecule has 2 aromatic carbocycles. The first-order valence-corrected chi connectivity index (χ1v) is 12.4. The van der Waals surface area contributed by atoms with Crippen LogP contribution in [-0.4, -0.2) is 86.7 Å². The Labute approximate surface area is 234 Å². The summed E-state index contributed by atoms with van der Waals surface area (Å²) in [6, 6.07) is 3.64. The van der Waals surface area contributed by atoms with Crippen molar-refractivity contribution in [1.82, 2.24) is 0 Å². The SMILES string of the molecule is COc1cccc2c1C(=O)c1c(O)c3c(c(O)c1C2=O)CC(O)(C(=O)CO)C[C@@H]3OC1CC(N)C(O)C(C)O1.Cl. The second kappa shape index (κ2) is 10.7. The lowest BCUT2D eigenvalue weighted by molar-refractivity contribution is -0.247. The average Bonchev–Trinajstić information content (AvgIpc) is 2.90. The molecule has 0 aromatic heterocycles. The molecule has 5 rings (SSSR count). The van der Waals surface area contributed by atoms with Crippen LogP contribution in [0.3, 0.4) is 0 Å². The monoisotopic (exact) mass is 579 g/mol. The minimum atomic E-state index is -2.24. The number of ketones is 3. The van der Waals surface area contributed by atoms with E-state index in [0.717, 1.165) is 0 Å². The zero-order valence-electron chi connectivity index (χ0n) is 21.6. The predicted octanol–water partition coefficient (Wildman–Crippen LogP) is 0.423. The largest absolute Gasteiger partial charge is 0.507 e. The molecule has 2 aliphatic carbocycles. The second-order valence-corrected chi connectivity index (χ2v) is 10.2. The lowest BCUT2D eigenvalue weighted by atomic mass is 9.72. The van der Waals surface area contributed by atoms with E-state index < -0.39 is 95.7 Å². The minimum absolute atomic E-state index is 0. The molecular formula is C27H30ClNO11. The van der Waals surface area contributed by atoms with Crippen molar-refractivity contribution in [3.63, 3.8) is 0 Å². The number of hydrogen-bond acceptors (Lipinski definition) is 12. The minimum Gasteiger partial charge on any atom is -0.507 e. The number of phenols is 2. The summed E-state index contributed by atoms with van der Waals surface area (Å²) in [4.78, 5) is 39.7. The Kier molecular flexibility index (Phi) is 8.00. The number of fused-ring (bicyclic) bond motifs is 3. The molecule has 6 atom stereocenters. The van der Waals surface area contributed by atoms with Crippen molar-refractivity contribution in [1.29, 1.82) is 0 Å². The van der Waals surface area contributed by atoms with Crippen molar-refractivity contribution >= 4 is 29.8 Å². The summed E-state index contributed by atoms with van der Waals surface area (Å²) in [6.45, 7) is 0.560. The number of aromatic hydroxyl groups is 2. The highest BCUT2D eigenvalue weighted by molar-refractivity contribution is 6.31. The normalized spacial score (nSPS) is 29.1. The van der Waals surface area contributed by atoms with Gasteiger partial charge in [0.15, 0.2) is 17.9 Å². The molecule has 1 fully saturated rings. The maximum absolute atomic E-state index is 13.6. The van der Waals surface area contributed by atoms with Gasteiger partial charge in [-0.05, 0) is 13.0 Å². The molecule has 0 radical (unpaired) electrons. The molecule has 40 heavy (non-hydrogen) atoms. The van der Waals surface area contributed by atoms with E-state index in [1.807, 2.05) is 0 Å². The van der Waals surface area contributed by atoms with Gasteiger partial charge in [-0.3, -0.25) is 14.4 Å². The van der Waals surface area contributed by atoms with Gasteiger partial charge in [-0.1, -0.05) is 12.1 Å². The Bertz CT molecular complexity index is 1380. The Balaban J connectivity index is 0.00000370. The molecule has 1 saturated heterocycles. The number of benzene rings is 2. The maximum atomic E-state index is 13.6. The van der Waals surface area contributed by atoms with Crippen LogP contribution in [0.25, 0.3) is 0 Å². The molecule has 0 saturated carbocycles. The summed E-state index contributed by atoms with van der Waals surface area (Å²) in [5, 5.41) is 53.7. The van der Waals surface area contributed by atoms with E-state index in [2.05, 4.69) is 0 Å². The van der Waals surface area contributed by atoms with Gasteiger partial charge in [0.25, 0.3) is 0 Å². The molecular weight excluding hydrogens is 550 g/mol. The first kappa shape index (κ1) is 29.9. The standard InChI is InChI=1S/C27H29NO11.ClH/c1-10-22(31)13(28)6-17(38-10)39-15-8-27(36,16(30)9-29)7-12-19(15)26(35)21-20(24(12)33)23(32)11-4-3-5-14(37-2)18(11)25(21)34;/h3-5,10,13,15,17,22,29,31,33,35-36H,6-9,28H2,1-2H3;1H/t10?,13?,15-,17?,22?,27?;/m0./s1. The maximum Gasteiger partial charge on any atom is 0.202 e.